The molecule has 2 aliphatic rings. The summed E-state index contributed by atoms with van der Waals surface area (Å²) in [5.74, 6) is 0.681. The Kier molecular flexibility index (Phi) is 4.04. The third-order valence-electron chi connectivity index (χ3n) is 5.23. The number of carbonyl (C=O) groups is 1. The van der Waals surface area contributed by atoms with Crippen LogP contribution in [0.3, 0.4) is 0 Å². The largest absolute Gasteiger partial charge is 0.454 e. The van der Waals surface area contributed by atoms with Crippen LogP contribution >= 0.6 is 23.2 Å². The van der Waals surface area contributed by atoms with Gasteiger partial charge in [-0.1, -0.05) is 29.6 Å². The van der Waals surface area contributed by atoms with Gasteiger partial charge in [-0.15, -0.1) is 0 Å². The van der Waals surface area contributed by atoms with Crippen LogP contribution in [0.25, 0.3) is 0 Å². The fourth-order valence-electron chi connectivity index (χ4n) is 3.77. The number of carbonyl (C=O) groups excluding carboxylic acids is 1. The normalized spacial score (nSPS) is 19.4. The van der Waals surface area contributed by atoms with Crippen molar-refractivity contribution in [2.24, 2.45) is 0 Å². The van der Waals surface area contributed by atoms with Crippen molar-refractivity contribution in [1.29, 1.82) is 0 Å². The maximum Gasteiger partial charge on any atom is 0.272 e. The first-order valence-corrected chi connectivity index (χ1v) is 8.88. The lowest BCUT2D eigenvalue weighted by molar-refractivity contribution is -0.384. The fraction of sp³-hybridized carbons (Fsp3) is 0.278. The minimum Gasteiger partial charge on any atom is -0.454 e. The van der Waals surface area contributed by atoms with Gasteiger partial charge in [0.05, 0.1) is 21.0 Å². The number of nitro groups is 1. The number of hydrogen-bond acceptors (Lipinski definition) is 5. The zero-order valence-electron chi connectivity index (χ0n) is 13.5. The highest BCUT2D eigenvalue weighted by atomic mass is 35.5. The number of fused-ring (bicyclic) bond motifs is 2. The van der Waals surface area contributed by atoms with Crippen LogP contribution in [0.15, 0.2) is 30.3 Å². The maximum absolute atomic E-state index is 11.5. The summed E-state index contributed by atoms with van der Waals surface area (Å²) in [6, 6.07) is 7.68. The second-order valence-electron chi connectivity index (χ2n) is 6.57. The highest BCUT2D eigenvalue weighted by Crippen LogP contribution is 2.54. The Labute approximate surface area is 159 Å². The molecule has 1 N–H and O–H groups in total. The molecule has 4 rings (SSSR count). The number of nitro benzene ring substituents is 1. The molecule has 26 heavy (non-hydrogen) atoms. The van der Waals surface area contributed by atoms with Crippen LogP contribution in [0.1, 0.15) is 24.8 Å². The van der Waals surface area contributed by atoms with Crippen LogP contribution in [0.2, 0.25) is 10.0 Å². The fourth-order valence-corrected chi connectivity index (χ4v) is 4.32. The van der Waals surface area contributed by atoms with Crippen LogP contribution in [0.4, 0.5) is 11.4 Å². The molecule has 0 bridgehead atoms. The van der Waals surface area contributed by atoms with Crippen molar-refractivity contribution in [3.8, 4) is 11.5 Å². The van der Waals surface area contributed by atoms with Crippen molar-refractivity contribution in [1.82, 2.24) is 0 Å². The topological polar surface area (TPSA) is 81.5 Å². The van der Waals surface area contributed by atoms with Crippen LogP contribution < -0.4 is 10.1 Å². The molecule has 1 spiro atoms. The second-order valence-corrected chi connectivity index (χ2v) is 7.39. The van der Waals surface area contributed by atoms with E-state index in [1.807, 2.05) is 12.1 Å². The van der Waals surface area contributed by atoms with Crippen LogP contribution in [0, 0.1) is 10.1 Å². The molecule has 0 saturated heterocycles. The summed E-state index contributed by atoms with van der Waals surface area (Å²) in [6.07, 6.45) is 3.93. The summed E-state index contributed by atoms with van der Waals surface area (Å²) < 4.78 is 5.83. The van der Waals surface area contributed by atoms with E-state index in [4.69, 9.17) is 27.9 Å². The Bertz CT molecular complexity index is 904. The molecule has 2 aromatic rings. The van der Waals surface area contributed by atoms with E-state index >= 15 is 0 Å². The molecule has 1 fully saturated rings. The van der Waals surface area contributed by atoms with Crippen molar-refractivity contribution in [3.05, 3.63) is 56.1 Å². The van der Waals surface area contributed by atoms with Gasteiger partial charge >= 0.3 is 0 Å². The number of anilines is 1. The number of aldehydes is 1. The molecular formula is C18H14Cl2N2O4. The number of non-ortho nitro benzene ring substituents is 1. The number of hydrogen-bond donors (Lipinski definition) is 1. The Hall–Kier alpha value is -2.31. The molecule has 1 aliphatic heterocycles. The summed E-state index contributed by atoms with van der Waals surface area (Å²) in [7, 11) is 0. The Morgan fingerprint density at radius 1 is 1.23 bits per heavy atom. The minimum atomic E-state index is -0.567. The smallest absolute Gasteiger partial charge is 0.272 e. The molecule has 6 nitrogen and oxygen atoms in total. The standard InChI is InChI=1S/C18H14Cl2N2O4/c19-13-6-10(22(24)25)7-14(20)17(13)26-11-2-3-15-12(8-11)18(4-1-5-18)16(9-23)21-15/h2-3,6-9,16,21H,1,4-5H2. The summed E-state index contributed by atoms with van der Waals surface area (Å²) in [5.41, 5.74) is 1.59. The van der Waals surface area contributed by atoms with Crippen molar-refractivity contribution < 1.29 is 14.5 Å². The van der Waals surface area contributed by atoms with Gasteiger partial charge in [0, 0.05) is 23.2 Å². The third kappa shape index (κ3) is 2.52. The average Bonchev–Trinajstić information content (AvgIpc) is 2.91. The number of rotatable bonds is 4. The van der Waals surface area contributed by atoms with Crippen LogP contribution in [-0.4, -0.2) is 17.3 Å². The van der Waals surface area contributed by atoms with Gasteiger partial charge in [-0.2, -0.15) is 0 Å². The lowest BCUT2D eigenvalue weighted by atomic mass is 9.62. The van der Waals surface area contributed by atoms with E-state index in [1.54, 1.807) is 6.07 Å². The number of halogens is 2. The Balaban J connectivity index is 1.69. The molecule has 1 saturated carbocycles. The monoisotopic (exact) mass is 392 g/mol. The predicted molar refractivity (Wildman–Crippen MR) is 98.6 cm³/mol. The molecule has 1 heterocycles. The van der Waals surface area contributed by atoms with Gasteiger partial charge in [-0.3, -0.25) is 10.1 Å². The van der Waals surface area contributed by atoms with Gasteiger partial charge in [0.1, 0.15) is 12.0 Å². The lowest BCUT2D eigenvalue weighted by Crippen LogP contribution is -2.45. The van der Waals surface area contributed by atoms with E-state index in [9.17, 15) is 14.9 Å². The Morgan fingerprint density at radius 3 is 2.46 bits per heavy atom. The first-order chi connectivity index (χ1) is 12.4. The first-order valence-electron chi connectivity index (χ1n) is 8.12. The summed E-state index contributed by atoms with van der Waals surface area (Å²) >= 11 is 12.2. The molecule has 1 aliphatic carbocycles. The average molecular weight is 393 g/mol. The lowest BCUT2D eigenvalue weighted by Gasteiger charge is -2.41. The maximum atomic E-state index is 11.5. The minimum absolute atomic E-state index is 0.0620. The van der Waals surface area contributed by atoms with E-state index in [0.717, 1.165) is 36.8 Å². The summed E-state index contributed by atoms with van der Waals surface area (Å²) in [4.78, 5) is 21.8. The van der Waals surface area contributed by atoms with E-state index < -0.39 is 4.92 Å². The molecule has 2 aromatic carbocycles. The summed E-state index contributed by atoms with van der Waals surface area (Å²) in [5, 5.41) is 14.3. The Morgan fingerprint density at radius 2 is 1.92 bits per heavy atom. The van der Waals surface area contributed by atoms with Gasteiger partial charge in [-0.25, -0.2) is 0 Å². The molecule has 1 atom stereocenters. The van der Waals surface area contributed by atoms with E-state index in [0.29, 0.717) is 5.75 Å². The molecule has 1 unspecified atom stereocenters. The van der Waals surface area contributed by atoms with Crippen LogP contribution in [-0.2, 0) is 10.2 Å². The van der Waals surface area contributed by atoms with Gasteiger partial charge < -0.3 is 14.8 Å². The predicted octanol–water partition coefficient (Wildman–Crippen LogP) is 5.11. The first kappa shape index (κ1) is 17.1. The molecular weight excluding hydrogens is 379 g/mol. The highest BCUT2D eigenvalue weighted by Gasteiger charge is 2.51. The van der Waals surface area contributed by atoms with Crippen molar-refractivity contribution in [2.75, 3.05) is 5.32 Å². The second kappa shape index (κ2) is 6.14. The van der Waals surface area contributed by atoms with Crippen molar-refractivity contribution in [3.63, 3.8) is 0 Å². The molecule has 0 radical (unpaired) electrons. The zero-order valence-corrected chi connectivity index (χ0v) is 15.0. The van der Waals surface area contributed by atoms with Gasteiger partial charge in [0.2, 0.25) is 0 Å². The highest BCUT2D eigenvalue weighted by molar-refractivity contribution is 6.37. The molecule has 0 amide bonds. The van der Waals surface area contributed by atoms with Gasteiger partial charge in [0.15, 0.2) is 5.75 Å². The third-order valence-corrected chi connectivity index (χ3v) is 5.79. The van der Waals surface area contributed by atoms with E-state index in [1.165, 1.54) is 12.1 Å². The van der Waals surface area contributed by atoms with Crippen molar-refractivity contribution >= 4 is 40.9 Å². The number of benzene rings is 2. The molecule has 8 heteroatoms. The van der Waals surface area contributed by atoms with Gasteiger partial charge in [-0.05, 0) is 36.6 Å². The zero-order chi connectivity index (χ0) is 18.5. The number of nitrogens with zero attached hydrogens (tertiary/aromatic N) is 1. The van der Waals surface area contributed by atoms with E-state index in [2.05, 4.69) is 5.32 Å². The van der Waals surface area contributed by atoms with Crippen LogP contribution in [0.5, 0.6) is 11.5 Å². The molecule has 0 aromatic heterocycles. The van der Waals surface area contributed by atoms with Gasteiger partial charge in [0.25, 0.3) is 5.69 Å². The van der Waals surface area contributed by atoms with E-state index in [-0.39, 0.29) is 32.9 Å². The number of ether oxygens (including phenoxy) is 1. The van der Waals surface area contributed by atoms with Crippen molar-refractivity contribution in [2.45, 2.75) is 30.7 Å². The number of nitrogens with one attached hydrogen (secondary N) is 1. The summed E-state index contributed by atoms with van der Waals surface area (Å²) in [6.45, 7) is 0. The SMILES string of the molecule is O=CC1Nc2ccc(Oc3c(Cl)cc([N+](=O)[O-])cc3Cl)cc2C12CCC2. The molecule has 134 valence electrons. The quantitative estimate of drug-likeness (QED) is 0.444.